The number of thioether (sulfide) groups is 1. The van der Waals surface area contributed by atoms with Gasteiger partial charge in [0.25, 0.3) is 0 Å². The van der Waals surface area contributed by atoms with Crippen LogP contribution in [0.25, 0.3) is 0 Å². The maximum atomic E-state index is 11.7. The van der Waals surface area contributed by atoms with E-state index >= 15 is 0 Å². The summed E-state index contributed by atoms with van der Waals surface area (Å²) in [4.78, 5) is 12.7. The quantitative estimate of drug-likeness (QED) is 0.603. The Balaban J connectivity index is 2.23. The predicted octanol–water partition coefficient (Wildman–Crippen LogP) is 4.73. The standard InChI is InChI=1S/C16H15ClO2S/c1-11-14(16(18)19-2)8-13(17)9-15(11)20-10-12-6-4-3-5-7-12/h3-9H,10H2,1-2H3. The topological polar surface area (TPSA) is 26.3 Å². The number of carbonyl (C=O) groups excluding carboxylic acids is 1. The zero-order valence-corrected chi connectivity index (χ0v) is 12.9. The Labute approximate surface area is 128 Å². The molecule has 0 radical (unpaired) electrons. The van der Waals surface area contributed by atoms with Crippen molar-refractivity contribution in [2.75, 3.05) is 7.11 Å². The van der Waals surface area contributed by atoms with Crippen LogP contribution in [-0.2, 0) is 10.5 Å². The number of hydrogen-bond acceptors (Lipinski definition) is 3. The molecular formula is C16H15ClO2S. The summed E-state index contributed by atoms with van der Waals surface area (Å²) in [5, 5.41) is 0.548. The zero-order valence-electron chi connectivity index (χ0n) is 11.4. The number of hydrogen-bond donors (Lipinski definition) is 0. The third kappa shape index (κ3) is 3.56. The average Bonchev–Trinajstić information content (AvgIpc) is 2.48. The minimum atomic E-state index is -0.355. The van der Waals surface area contributed by atoms with Crippen molar-refractivity contribution in [3.05, 3.63) is 64.2 Å². The van der Waals surface area contributed by atoms with Crippen molar-refractivity contribution in [2.24, 2.45) is 0 Å². The molecule has 0 bridgehead atoms. The van der Waals surface area contributed by atoms with Gasteiger partial charge in [-0.1, -0.05) is 41.9 Å². The van der Waals surface area contributed by atoms with Crippen molar-refractivity contribution in [2.45, 2.75) is 17.6 Å². The van der Waals surface area contributed by atoms with Gasteiger partial charge in [0.1, 0.15) is 0 Å². The molecule has 104 valence electrons. The van der Waals surface area contributed by atoms with Crippen LogP contribution in [0.4, 0.5) is 0 Å². The van der Waals surface area contributed by atoms with E-state index < -0.39 is 0 Å². The molecule has 0 aliphatic carbocycles. The molecule has 0 atom stereocenters. The van der Waals surface area contributed by atoms with Gasteiger partial charge in [-0.3, -0.25) is 0 Å². The molecule has 0 aliphatic heterocycles. The lowest BCUT2D eigenvalue weighted by Gasteiger charge is -2.11. The second kappa shape index (κ2) is 6.82. The van der Waals surface area contributed by atoms with Crippen molar-refractivity contribution >= 4 is 29.3 Å². The van der Waals surface area contributed by atoms with Crippen molar-refractivity contribution in [3.8, 4) is 0 Å². The third-order valence-electron chi connectivity index (χ3n) is 2.97. The Bertz CT molecular complexity index is 611. The van der Waals surface area contributed by atoms with E-state index in [4.69, 9.17) is 16.3 Å². The van der Waals surface area contributed by atoms with Gasteiger partial charge >= 0.3 is 5.97 Å². The molecule has 2 aromatic rings. The van der Waals surface area contributed by atoms with E-state index in [1.54, 1.807) is 17.8 Å². The molecule has 0 spiro atoms. The fourth-order valence-corrected chi connectivity index (χ4v) is 3.20. The van der Waals surface area contributed by atoms with E-state index in [1.807, 2.05) is 31.2 Å². The first-order valence-electron chi connectivity index (χ1n) is 6.17. The molecule has 0 amide bonds. The first kappa shape index (κ1) is 14.9. The van der Waals surface area contributed by atoms with E-state index in [0.717, 1.165) is 16.2 Å². The van der Waals surface area contributed by atoms with Crippen LogP contribution >= 0.6 is 23.4 Å². The van der Waals surface area contributed by atoms with Crippen LogP contribution < -0.4 is 0 Å². The first-order valence-corrected chi connectivity index (χ1v) is 7.53. The van der Waals surface area contributed by atoms with E-state index in [2.05, 4.69) is 12.1 Å². The van der Waals surface area contributed by atoms with Gasteiger partial charge < -0.3 is 4.74 Å². The van der Waals surface area contributed by atoms with E-state index in [1.165, 1.54) is 12.7 Å². The Hall–Kier alpha value is -1.45. The van der Waals surface area contributed by atoms with Crippen molar-refractivity contribution in [1.82, 2.24) is 0 Å². The van der Waals surface area contributed by atoms with Crippen molar-refractivity contribution in [3.63, 3.8) is 0 Å². The van der Waals surface area contributed by atoms with Crippen LogP contribution in [0.1, 0.15) is 21.5 Å². The smallest absolute Gasteiger partial charge is 0.338 e. The second-order valence-corrected chi connectivity index (χ2v) is 5.80. The Morgan fingerprint density at radius 3 is 2.60 bits per heavy atom. The lowest BCUT2D eigenvalue weighted by molar-refractivity contribution is 0.0599. The molecule has 2 nitrogen and oxygen atoms in total. The van der Waals surface area contributed by atoms with E-state index in [0.29, 0.717) is 10.6 Å². The molecule has 0 fully saturated rings. The maximum absolute atomic E-state index is 11.7. The normalized spacial score (nSPS) is 10.3. The number of carbonyl (C=O) groups is 1. The largest absolute Gasteiger partial charge is 0.465 e. The minimum Gasteiger partial charge on any atom is -0.465 e. The van der Waals surface area contributed by atoms with Gasteiger partial charge in [0, 0.05) is 15.7 Å². The number of benzene rings is 2. The van der Waals surface area contributed by atoms with Gasteiger partial charge in [-0.15, -0.1) is 11.8 Å². The number of esters is 1. The van der Waals surface area contributed by atoms with Gasteiger partial charge in [0.05, 0.1) is 12.7 Å². The highest BCUT2D eigenvalue weighted by Gasteiger charge is 2.14. The lowest BCUT2D eigenvalue weighted by atomic mass is 10.1. The molecule has 4 heteroatoms. The Kier molecular flexibility index (Phi) is 5.10. The van der Waals surface area contributed by atoms with Crippen LogP contribution in [-0.4, -0.2) is 13.1 Å². The minimum absolute atomic E-state index is 0.355. The van der Waals surface area contributed by atoms with Crippen LogP contribution in [0.5, 0.6) is 0 Å². The number of halogens is 1. The molecule has 20 heavy (non-hydrogen) atoms. The molecule has 0 aliphatic rings. The Morgan fingerprint density at radius 2 is 1.95 bits per heavy atom. The predicted molar refractivity (Wildman–Crippen MR) is 83.5 cm³/mol. The molecule has 0 N–H and O–H groups in total. The molecular weight excluding hydrogens is 292 g/mol. The van der Waals surface area contributed by atoms with Crippen LogP contribution in [0.15, 0.2) is 47.4 Å². The van der Waals surface area contributed by atoms with Crippen LogP contribution in [0, 0.1) is 6.92 Å². The maximum Gasteiger partial charge on any atom is 0.338 e. The Morgan fingerprint density at radius 1 is 1.25 bits per heavy atom. The summed E-state index contributed by atoms with van der Waals surface area (Å²) in [6, 6.07) is 13.7. The number of rotatable bonds is 4. The molecule has 0 saturated carbocycles. The lowest BCUT2D eigenvalue weighted by Crippen LogP contribution is -2.04. The summed E-state index contributed by atoms with van der Waals surface area (Å²) in [6.07, 6.45) is 0. The van der Waals surface area contributed by atoms with Gasteiger partial charge in [-0.25, -0.2) is 4.79 Å². The molecule has 0 heterocycles. The van der Waals surface area contributed by atoms with Gasteiger partial charge in [-0.2, -0.15) is 0 Å². The van der Waals surface area contributed by atoms with Gasteiger partial charge in [0.15, 0.2) is 0 Å². The summed E-state index contributed by atoms with van der Waals surface area (Å²) in [7, 11) is 1.37. The van der Waals surface area contributed by atoms with Crippen LogP contribution in [0.3, 0.4) is 0 Å². The summed E-state index contributed by atoms with van der Waals surface area (Å²) in [5.74, 6) is 0.481. The highest BCUT2D eigenvalue weighted by atomic mass is 35.5. The second-order valence-electron chi connectivity index (χ2n) is 4.34. The third-order valence-corrected chi connectivity index (χ3v) is 4.40. The summed E-state index contributed by atoms with van der Waals surface area (Å²) in [5.41, 5.74) is 2.66. The highest BCUT2D eigenvalue weighted by Crippen LogP contribution is 2.31. The molecule has 0 unspecified atom stereocenters. The van der Waals surface area contributed by atoms with Crippen molar-refractivity contribution in [1.29, 1.82) is 0 Å². The fourth-order valence-electron chi connectivity index (χ4n) is 1.86. The first-order chi connectivity index (χ1) is 9.61. The SMILES string of the molecule is COC(=O)c1cc(Cl)cc(SCc2ccccc2)c1C. The highest BCUT2D eigenvalue weighted by molar-refractivity contribution is 7.98. The molecule has 0 aromatic heterocycles. The fraction of sp³-hybridized carbons (Fsp3) is 0.188. The number of ether oxygens (including phenoxy) is 1. The van der Waals surface area contributed by atoms with E-state index in [-0.39, 0.29) is 5.97 Å². The monoisotopic (exact) mass is 306 g/mol. The average molecular weight is 307 g/mol. The number of methoxy groups -OCH3 is 1. The van der Waals surface area contributed by atoms with Crippen molar-refractivity contribution < 1.29 is 9.53 Å². The zero-order chi connectivity index (χ0) is 14.5. The summed E-state index contributed by atoms with van der Waals surface area (Å²) < 4.78 is 4.78. The summed E-state index contributed by atoms with van der Waals surface area (Å²) in [6.45, 7) is 1.91. The van der Waals surface area contributed by atoms with E-state index in [9.17, 15) is 4.79 Å². The summed E-state index contributed by atoms with van der Waals surface area (Å²) >= 11 is 7.75. The van der Waals surface area contributed by atoms with Gasteiger partial charge in [-0.05, 0) is 30.2 Å². The molecule has 2 aromatic carbocycles. The van der Waals surface area contributed by atoms with Gasteiger partial charge in [0.2, 0.25) is 0 Å². The molecule has 0 saturated heterocycles. The van der Waals surface area contributed by atoms with Crippen LogP contribution in [0.2, 0.25) is 5.02 Å². The molecule has 2 rings (SSSR count).